The van der Waals surface area contributed by atoms with Crippen molar-refractivity contribution in [2.75, 3.05) is 6.61 Å². The van der Waals surface area contributed by atoms with E-state index in [-0.39, 0.29) is 5.97 Å². The summed E-state index contributed by atoms with van der Waals surface area (Å²) < 4.78 is 4.98. The van der Waals surface area contributed by atoms with Crippen molar-refractivity contribution >= 4 is 5.97 Å². The van der Waals surface area contributed by atoms with Crippen LogP contribution in [0.5, 0.6) is 0 Å². The Hall–Kier alpha value is -1.31. The molecule has 0 aromatic heterocycles. The zero-order chi connectivity index (χ0) is 10.7. The zero-order valence-electron chi connectivity index (χ0n) is 9.03. The van der Waals surface area contributed by atoms with E-state index in [1.807, 2.05) is 25.1 Å². The van der Waals surface area contributed by atoms with E-state index in [1.54, 1.807) is 0 Å². The van der Waals surface area contributed by atoms with E-state index in [0.29, 0.717) is 18.1 Å². The highest BCUT2D eigenvalue weighted by Gasteiger charge is 2.20. The molecule has 0 saturated heterocycles. The van der Waals surface area contributed by atoms with Gasteiger partial charge in [-0.2, -0.15) is 0 Å². The fraction of sp³-hybridized carbons (Fsp3) is 0.462. The average Bonchev–Trinajstić information content (AvgIpc) is 2.16. The summed E-state index contributed by atoms with van der Waals surface area (Å²) in [5.74, 6) is 0.457. The van der Waals surface area contributed by atoms with Gasteiger partial charge in [0, 0.05) is 0 Å². The molecule has 0 aliphatic heterocycles. The van der Waals surface area contributed by atoms with Crippen LogP contribution in [0.4, 0.5) is 0 Å². The molecule has 15 heavy (non-hydrogen) atoms. The van der Waals surface area contributed by atoms with Gasteiger partial charge in [-0.1, -0.05) is 18.6 Å². The molecule has 0 radical (unpaired) electrons. The van der Waals surface area contributed by atoms with Crippen molar-refractivity contribution in [3.8, 4) is 0 Å². The van der Waals surface area contributed by atoms with Crippen molar-refractivity contribution in [1.82, 2.24) is 0 Å². The maximum Gasteiger partial charge on any atom is 0.338 e. The van der Waals surface area contributed by atoms with Crippen LogP contribution in [0.3, 0.4) is 0 Å². The van der Waals surface area contributed by atoms with Gasteiger partial charge in [-0.3, -0.25) is 0 Å². The van der Waals surface area contributed by atoms with Gasteiger partial charge < -0.3 is 4.74 Å². The van der Waals surface area contributed by atoms with Crippen LogP contribution in [-0.2, 0) is 4.74 Å². The summed E-state index contributed by atoms with van der Waals surface area (Å²) in [5.41, 5.74) is 1.97. The third-order valence-electron chi connectivity index (χ3n) is 2.97. The van der Waals surface area contributed by atoms with E-state index in [4.69, 9.17) is 4.74 Å². The van der Waals surface area contributed by atoms with Crippen LogP contribution in [0.15, 0.2) is 24.3 Å². The van der Waals surface area contributed by atoms with E-state index >= 15 is 0 Å². The SMILES string of the molecule is CCOC(=O)c1cccc(C2CCC2)c1. The maximum atomic E-state index is 11.5. The molecule has 0 heterocycles. The second-order valence-corrected chi connectivity index (χ2v) is 3.97. The fourth-order valence-corrected chi connectivity index (χ4v) is 1.88. The Morgan fingerprint density at radius 2 is 2.27 bits per heavy atom. The lowest BCUT2D eigenvalue weighted by Gasteiger charge is -2.25. The van der Waals surface area contributed by atoms with E-state index in [1.165, 1.54) is 24.8 Å². The summed E-state index contributed by atoms with van der Waals surface area (Å²) in [6, 6.07) is 7.84. The first-order valence-electron chi connectivity index (χ1n) is 5.58. The molecule has 2 nitrogen and oxygen atoms in total. The number of carbonyl (C=O) groups excluding carboxylic acids is 1. The van der Waals surface area contributed by atoms with Gasteiger partial charge in [-0.25, -0.2) is 4.79 Å². The van der Waals surface area contributed by atoms with Crippen LogP contribution in [-0.4, -0.2) is 12.6 Å². The molecule has 0 amide bonds. The minimum absolute atomic E-state index is 0.210. The Balaban J connectivity index is 2.14. The number of esters is 1. The highest BCUT2D eigenvalue weighted by molar-refractivity contribution is 5.89. The van der Waals surface area contributed by atoms with Crippen molar-refractivity contribution in [3.63, 3.8) is 0 Å². The average molecular weight is 204 g/mol. The van der Waals surface area contributed by atoms with Crippen LogP contribution in [0, 0.1) is 0 Å². The van der Waals surface area contributed by atoms with Gasteiger partial charge in [-0.05, 0) is 43.4 Å². The van der Waals surface area contributed by atoms with Gasteiger partial charge in [0.1, 0.15) is 0 Å². The van der Waals surface area contributed by atoms with Gasteiger partial charge in [0.05, 0.1) is 12.2 Å². The summed E-state index contributed by atoms with van der Waals surface area (Å²) in [5, 5.41) is 0. The first-order chi connectivity index (χ1) is 7.31. The minimum Gasteiger partial charge on any atom is -0.462 e. The first-order valence-corrected chi connectivity index (χ1v) is 5.58. The maximum absolute atomic E-state index is 11.5. The van der Waals surface area contributed by atoms with Gasteiger partial charge in [-0.15, -0.1) is 0 Å². The van der Waals surface area contributed by atoms with E-state index in [0.717, 1.165) is 0 Å². The molecule has 0 unspecified atom stereocenters. The minimum atomic E-state index is -0.210. The molecule has 2 heteroatoms. The molecular weight excluding hydrogens is 188 g/mol. The smallest absolute Gasteiger partial charge is 0.338 e. The van der Waals surface area contributed by atoms with Crippen molar-refractivity contribution in [2.24, 2.45) is 0 Å². The Morgan fingerprint density at radius 1 is 1.47 bits per heavy atom. The molecular formula is C13H16O2. The Labute approximate surface area is 90.3 Å². The second kappa shape index (κ2) is 4.47. The Morgan fingerprint density at radius 3 is 2.87 bits per heavy atom. The normalized spacial score (nSPS) is 15.8. The molecule has 0 N–H and O–H groups in total. The summed E-state index contributed by atoms with van der Waals surface area (Å²) in [6.07, 6.45) is 3.83. The quantitative estimate of drug-likeness (QED) is 0.707. The zero-order valence-corrected chi connectivity index (χ0v) is 9.03. The van der Waals surface area contributed by atoms with Crippen molar-refractivity contribution in [3.05, 3.63) is 35.4 Å². The highest BCUT2D eigenvalue weighted by Crippen LogP contribution is 2.36. The lowest BCUT2D eigenvalue weighted by atomic mass is 9.80. The fourth-order valence-electron chi connectivity index (χ4n) is 1.88. The van der Waals surface area contributed by atoms with Gasteiger partial charge in [0.15, 0.2) is 0 Å². The van der Waals surface area contributed by atoms with Crippen LogP contribution in [0.2, 0.25) is 0 Å². The third-order valence-corrected chi connectivity index (χ3v) is 2.97. The molecule has 1 saturated carbocycles. The largest absolute Gasteiger partial charge is 0.462 e. The lowest BCUT2D eigenvalue weighted by Crippen LogP contribution is -2.10. The molecule has 80 valence electrons. The number of carbonyl (C=O) groups is 1. The predicted molar refractivity (Wildman–Crippen MR) is 59.0 cm³/mol. The molecule has 1 fully saturated rings. The molecule has 0 spiro atoms. The van der Waals surface area contributed by atoms with Crippen molar-refractivity contribution < 1.29 is 9.53 Å². The van der Waals surface area contributed by atoms with Gasteiger partial charge >= 0.3 is 5.97 Å². The number of rotatable bonds is 3. The van der Waals surface area contributed by atoms with Crippen LogP contribution in [0.25, 0.3) is 0 Å². The van der Waals surface area contributed by atoms with Crippen molar-refractivity contribution in [1.29, 1.82) is 0 Å². The number of ether oxygens (including phenoxy) is 1. The predicted octanol–water partition coefficient (Wildman–Crippen LogP) is 3.13. The van der Waals surface area contributed by atoms with E-state index in [9.17, 15) is 4.79 Å². The Bertz CT molecular complexity index is 353. The third kappa shape index (κ3) is 2.20. The summed E-state index contributed by atoms with van der Waals surface area (Å²) >= 11 is 0. The van der Waals surface area contributed by atoms with Crippen LogP contribution < -0.4 is 0 Å². The van der Waals surface area contributed by atoms with Crippen molar-refractivity contribution in [2.45, 2.75) is 32.1 Å². The monoisotopic (exact) mass is 204 g/mol. The van der Waals surface area contributed by atoms with Gasteiger partial charge in [0.2, 0.25) is 0 Å². The van der Waals surface area contributed by atoms with Crippen LogP contribution >= 0.6 is 0 Å². The summed E-state index contributed by atoms with van der Waals surface area (Å²) in [6.45, 7) is 2.26. The topological polar surface area (TPSA) is 26.3 Å². The molecule has 1 aliphatic rings. The van der Waals surface area contributed by atoms with Crippen LogP contribution in [0.1, 0.15) is 48.0 Å². The molecule has 2 rings (SSSR count). The standard InChI is InChI=1S/C13H16O2/c1-2-15-13(14)12-8-4-7-11(9-12)10-5-3-6-10/h4,7-10H,2-3,5-6H2,1H3. The van der Waals surface area contributed by atoms with Gasteiger partial charge in [0.25, 0.3) is 0 Å². The lowest BCUT2D eigenvalue weighted by molar-refractivity contribution is 0.0526. The first kappa shape index (κ1) is 10.2. The molecule has 0 bridgehead atoms. The summed E-state index contributed by atoms with van der Waals surface area (Å²) in [4.78, 5) is 11.5. The second-order valence-electron chi connectivity index (χ2n) is 3.97. The molecule has 1 aliphatic carbocycles. The molecule has 0 atom stereocenters. The molecule has 1 aromatic rings. The van der Waals surface area contributed by atoms with E-state index in [2.05, 4.69) is 6.07 Å². The summed E-state index contributed by atoms with van der Waals surface area (Å²) in [7, 11) is 0. The number of benzene rings is 1. The highest BCUT2D eigenvalue weighted by atomic mass is 16.5. The Kier molecular flexibility index (Phi) is 3.05. The van der Waals surface area contributed by atoms with E-state index < -0.39 is 0 Å². The number of hydrogen-bond acceptors (Lipinski definition) is 2. The number of hydrogen-bond donors (Lipinski definition) is 0. The molecule has 1 aromatic carbocycles.